The number of rotatable bonds is 5. The number of carbonyl (C=O) groups is 1. The second kappa shape index (κ2) is 8.09. The Morgan fingerprint density at radius 2 is 1.88 bits per heavy atom. The van der Waals surface area contributed by atoms with E-state index in [4.69, 9.17) is 10.5 Å². The van der Waals surface area contributed by atoms with Crippen molar-refractivity contribution < 1.29 is 9.53 Å². The van der Waals surface area contributed by atoms with Gasteiger partial charge in [0, 0.05) is 12.5 Å². The fourth-order valence-corrected chi connectivity index (χ4v) is 1.34. The van der Waals surface area contributed by atoms with Crippen LogP contribution in [0.5, 0.6) is 5.75 Å². The van der Waals surface area contributed by atoms with Crippen molar-refractivity contribution in [3.8, 4) is 5.75 Å². The number of esters is 1. The fraction of sp³-hybridized carbons (Fsp3) is 0.462. The summed E-state index contributed by atoms with van der Waals surface area (Å²) in [5, 5.41) is 0. The predicted molar refractivity (Wildman–Crippen MR) is 71.6 cm³/mol. The molecule has 1 unspecified atom stereocenters. The Balaban J connectivity index is 0.00000256. The van der Waals surface area contributed by atoms with Gasteiger partial charge in [-0.15, -0.1) is 12.4 Å². The molecule has 0 aromatic heterocycles. The monoisotopic (exact) mass is 257 g/mol. The molecule has 0 aliphatic rings. The molecule has 1 aromatic rings. The topological polar surface area (TPSA) is 52.3 Å². The van der Waals surface area contributed by atoms with E-state index in [2.05, 4.69) is 6.92 Å². The Hall–Kier alpha value is -1.06. The third kappa shape index (κ3) is 5.71. The minimum atomic E-state index is -0.210. The maximum Gasteiger partial charge on any atom is 0.310 e. The highest BCUT2D eigenvalue weighted by atomic mass is 35.5. The molecule has 4 heteroatoms. The van der Waals surface area contributed by atoms with Gasteiger partial charge in [-0.25, -0.2) is 0 Å². The van der Waals surface area contributed by atoms with Crippen molar-refractivity contribution in [2.45, 2.75) is 39.2 Å². The maximum absolute atomic E-state index is 11.0. The van der Waals surface area contributed by atoms with Crippen LogP contribution in [0.3, 0.4) is 0 Å². The summed E-state index contributed by atoms with van der Waals surface area (Å²) >= 11 is 0. The van der Waals surface area contributed by atoms with Crippen molar-refractivity contribution in [2.75, 3.05) is 0 Å². The molecule has 0 aliphatic heterocycles. The van der Waals surface area contributed by atoms with Crippen molar-refractivity contribution >= 4 is 18.4 Å². The highest BCUT2D eigenvalue weighted by Gasteiger charge is 2.03. The third-order valence-corrected chi connectivity index (χ3v) is 2.47. The first kappa shape index (κ1) is 15.9. The molecule has 0 radical (unpaired) electrons. The molecule has 3 nitrogen and oxygen atoms in total. The van der Waals surface area contributed by atoms with Gasteiger partial charge in [0.1, 0.15) is 5.75 Å². The van der Waals surface area contributed by atoms with Crippen LogP contribution in [-0.4, -0.2) is 12.0 Å². The summed E-state index contributed by atoms with van der Waals surface area (Å²) < 4.78 is 5.08. The van der Waals surface area contributed by atoms with Crippen LogP contribution in [-0.2, 0) is 11.2 Å². The van der Waals surface area contributed by atoms with Gasteiger partial charge in [-0.3, -0.25) is 4.79 Å². The van der Waals surface area contributed by atoms with Crippen molar-refractivity contribution in [3.05, 3.63) is 29.8 Å². The molecular formula is C13H20ClNO2. The van der Waals surface area contributed by atoms with Crippen LogP contribution >= 0.6 is 12.4 Å². The van der Waals surface area contributed by atoms with E-state index in [1.54, 1.807) is 6.92 Å². The summed E-state index contributed by atoms with van der Waals surface area (Å²) in [6.07, 6.45) is 2.22. The summed E-state index contributed by atoms with van der Waals surface area (Å²) in [6.45, 7) is 3.85. The summed E-state index contributed by atoms with van der Waals surface area (Å²) in [5.74, 6) is 0.388. The third-order valence-electron chi connectivity index (χ3n) is 2.47. The number of halogens is 1. The van der Waals surface area contributed by atoms with Gasteiger partial charge in [-0.05, 0) is 30.5 Å². The number of benzene rings is 1. The standard InChI is InChI=1S/C13H19NO2.ClH/c1-3-11(14)9-10-5-7-12(8-6-10)16-13(15)4-2;/h5-8,11H,3-4,9,14H2,1-2H3;1H. The van der Waals surface area contributed by atoms with E-state index in [0.717, 1.165) is 12.8 Å². The van der Waals surface area contributed by atoms with Crippen LogP contribution in [0, 0.1) is 0 Å². The van der Waals surface area contributed by atoms with Crippen molar-refractivity contribution in [3.63, 3.8) is 0 Å². The summed E-state index contributed by atoms with van der Waals surface area (Å²) in [7, 11) is 0. The van der Waals surface area contributed by atoms with Crippen molar-refractivity contribution in [1.82, 2.24) is 0 Å². The molecular weight excluding hydrogens is 238 g/mol. The summed E-state index contributed by atoms with van der Waals surface area (Å²) in [5.41, 5.74) is 7.03. The fourth-order valence-electron chi connectivity index (χ4n) is 1.34. The number of ether oxygens (including phenoxy) is 1. The lowest BCUT2D eigenvalue weighted by Gasteiger charge is -2.09. The molecule has 1 atom stereocenters. The van der Waals surface area contributed by atoms with E-state index in [-0.39, 0.29) is 24.4 Å². The number of carbonyl (C=O) groups excluding carboxylic acids is 1. The molecule has 0 aliphatic carbocycles. The molecule has 17 heavy (non-hydrogen) atoms. The van der Waals surface area contributed by atoms with E-state index >= 15 is 0 Å². The number of hydrogen-bond donors (Lipinski definition) is 1. The highest BCUT2D eigenvalue weighted by Crippen LogP contribution is 2.14. The average molecular weight is 258 g/mol. The van der Waals surface area contributed by atoms with Crippen LogP contribution in [0.4, 0.5) is 0 Å². The SMILES string of the molecule is CCC(=O)Oc1ccc(CC(N)CC)cc1.Cl. The molecule has 0 spiro atoms. The summed E-state index contributed by atoms with van der Waals surface area (Å²) in [4.78, 5) is 11.0. The zero-order valence-corrected chi connectivity index (χ0v) is 11.1. The Kier molecular flexibility index (Phi) is 7.59. The first-order valence-corrected chi connectivity index (χ1v) is 5.70. The van der Waals surface area contributed by atoms with Crippen LogP contribution in [0.25, 0.3) is 0 Å². The normalized spacial score (nSPS) is 11.5. The maximum atomic E-state index is 11.0. The molecule has 0 fully saturated rings. The lowest BCUT2D eigenvalue weighted by atomic mass is 10.0. The Labute approximate surface area is 109 Å². The quantitative estimate of drug-likeness (QED) is 0.652. The Morgan fingerprint density at radius 1 is 1.29 bits per heavy atom. The lowest BCUT2D eigenvalue weighted by Crippen LogP contribution is -2.21. The van der Waals surface area contributed by atoms with Crippen LogP contribution in [0.15, 0.2) is 24.3 Å². The van der Waals surface area contributed by atoms with Gasteiger partial charge < -0.3 is 10.5 Å². The molecule has 2 N–H and O–H groups in total. The van der Waals surface area contributed by atoms with Crippen molar-refractivity contribution in [2.24, 2.45) is 5.73 Å². The van der Waals surface area contributed by atoms with Crippen molar-refractivity contribution in [1.29, 1.82) is 0 Å². The smallest absolute Gasteiger partial charge is 0.310 e. The first-order chi connectivity index (χ1) is 7.65. The molecule has 0 amide bonds. The number of hydrogen-bond acceptors (Lipinski definition) is 3. The molecule has 0 saturated carbocycles. The number of nitrogens with two attached hydrogens (primary N) is 1. The van der Waals surface area contributed by atoms with Crippen LogP contribution < -0.4 is 10.5 Å². The second-order valence-electron chi connectivity index (χ2n) is 3.84. The minimum Gasteiger partial charge on any atom is -0.427 e. The van der Waals surface area contributed by atoms with Crippen LogP contribution in [0.1, 0.15) is 32.3 Å². The van der Waals surface area contributed by atoms with E-state index in [0.29, 0.717) is 12.2 Å². The van der Waals surface area contributed by atoms with E-state index in [1.807, 2.05) is 24.3 Å². The largest absolute Gasteiger partial charge is 0.427 e. The molecule has 1 rings (SSSR count). The minimum absolute atomic E-state index is 0. The average Bonchev–Trinajstić information content (AvgIpc) is 2.31. The van der Waals surface area contributed by atoms with Gasteiger partial charge >= 0.3 is 5.97 Å². The van der Waals surface area contributed by atoms with E-state index in [9.17, 15) is 4.79 Å². The van der Waals surface area contributed by atoms with Gasteiger partial charge in [-0.1, -0.05) is 26.0 Å². The molecule has 0 bridgehead atoms. The van der Waals surface area contributed by atoms with Gasteiger partial charge in [0.15, 0.2) is 0 Å². The molecule has 0 heterocycles. The molecule has 96 valence electrons. The van der Waals surface area contributed by atoms with E-state index in [1.165, 1.54) is 5.56 Å². The summed E-state index contributed by atoms with van der Waals surface area (Å²) in [6, 6.07) is 7.72. The zero-order chi connectivity index (χ0) is 12.0. The Morgan fingerprint density at radius 3 is 2.35 bits per heavy atom. The highest BCUT2D eigenvalue weighted by molar-refractivity contribution is 5.85. The first-order valence-electron chi connectivity index (χ1n) is 5.70. The Bertz CT molecular complexity index is 338. The second-order valence-corrected chi connectivity index (χ2v) is 3.84. The molecule has 0 saturated heterocycles. The van der Waals surface area contributed by atoms with Gasteiger partial charge in [0.2, 0.25) is 0 Å². The van der Waals surface area contributed by atoms with E-state index < -0.39 is 0 Å². The predicted octanol–water partition coefficient (Wildman–Crippen LogP) is 2.70. The lowest BCUT2D eigenvalue weighted by molar-refractivity contribution is -0.134. The van der Waals surface area contributed by atoms with Gasteiger partial charge in [-0.2, -0.15) is 0 Å². The zero-order valence-electron chi connectivity index (χ0n) is 10.3. The van der Waals surface area contributed by atoms with Gasteiger partial charge in [0.05, 0.1) is 0 Å². The van der Waals surface area contributed by atoms with Crippen LogP contribution in [0.2, 0.25) is 0 Å². The van der Waals surface area contributed by atoms with Gasteiger partial charge in [0.25, 0.3) is 0 Å². The molecule has 1 aromatic carbocycles.